The van der Waals surface area contributed by atoms with Crippen LogP contribution in [-0.4, -0.2) is 24.0 Å². The number of azo groups is 1. The molecular weight excluding hydrogens is 344 g/mol. The van der Waals surface area contributed by atoms with E-state index in [0.29, 0.717) is 14.8 Å². The van der Waals surface area contributed by atoms with Crippen LogP contribution in [0.2, 0.25) is 0 Å². The molecule has 0 spiro atoms. The third-order valence-electron chi connectivity index (χ3n) is 3.18. The molecule has 6 nitrogen and oxygen atoms in total. The Morgan fingerprint density at radius 3 is 2.08 bits per heavy atom. The summed E-state index contributed by atoms with van der Waals surface area (Å²) in [4.78, 5) is 0. The van der Waals surface area contributed by atoms with Crippen molar-refractivity contribution in [3.05, 3.63) is 52.5 Å². The summed E-state index contributed by atoms with van der Waals surface area (Å²) in [6.45, 7) is 0. The summed E-state index contributed by atoms with van der Waals surface area (Å²) in [5.74, 6) is 1.55. The summed E-state index contributed by atoms with van der Waals surface area (Å²) in [6.07, 6.45) is 0. The van der Waals surface area contributed by atoms with Crippen molar-refractivity contribution in [3.63, 3.8) is 0 Å². The van der Waals surface area contributed by atoms with Gasteiger partial charge in [0.15, 0.2) is 3.95 Å². The number of methoxy groups -OCH3 is 2. The smallest absolute Gasteiger partial charge is 0.251 e. The van der Waals surface area contributed by atoms with E-state index in [1.165, 1.54) is 11.3 Å². The highest BCUT2D eigenvalue weighted by molar-refractivity contribution is 7.73. The fourth-order valence-electron chi connectivity index (χ4n) is 1.94. The molecule has 2 aromatic carbocycles. The van der Waals surface area contributed by atoms with Crippen LogP contribution in [0.3, 0.4) is 0 Å². The number of rotatable bonds is 5. The molecule has 8 heteroatoms. The molecule has 0 unspecified atom stereocenters. The first-order chi connectivity index (χ1) is 11.7. The Morgan fingerprint density at radius 2 is 1.50 bits per heavy atom. The number of hydrogen-bond acceptors (Lipinski definition) is 7. The summed E-state index contributed by atoms with van der Waals surface area (Å²) >= 11 is 6.65. The Bertz CT molecular complexity index is 899. The van der Waals surface area contributed by atoms with E-state index in [1.54, 1.807) is 18.9 Å². The molecule has 3 aromatic rings. The SMILES string of the molecule is COc1ccc(N=Nc2nn(-c3ccc(OC)cc3)c(=S)s2)cc1. The van der Waals surface area contributed by atoms with E-state index in [-0.39, 0.29) is 0 Å². The Morgan fingerprint density at radius 1 is 0.917 bits per heavy atom. The Balaban J connectivity index is 1.82. The van der Waals surface area contributed by atoms with Gasteiger partial charge in [-0.05, 0) is 60.7 Å². The largest absolute Gasteiger partial charge is 0.497 e. The van der Waals surface area contributed by atoms with E-state index >= 15 is 0 Å². The van der Waals surface area contributed by atoms with Gasteiger partial charge in [0.05, 0.1) is 25.6 Å². The molecule has 0 amide bonds. The topological polar surface area (TPSA) is 61.0 Å². The van der Waals surface area contributed by atoms with E-state index in [4.69, 9.17) is 21.7 Å². The molecule has 0 atom stereocenters. The van der Waals surface area contributed by atoms with Gasteiger partial charge in [-0.2, -0.15) is 0 Å². The van der Waals surface area contributed by atoms with Gasteiger partial charge < -0.3 is 9.47 Å². The van der Waals surface area contributed by atoms with E-state index < -0.39 is 0 Å². The van der Waals surface area contributed by atoms with Crippen LogP contribution in [0.1, 0.15) is 0 Å². The van der Waals surface area contributed by atoms with Crippen molar-refractivity contribution in [2.45, 2.75) is 0 Å². The Hall–Kier alpha value is -2.58. The van der Waals surface area contributed by atoms with Gasteiger partial charge in [-0.3, -0.25) is 0 Å². The lowest BCUT2D eigenvalue weighted by atomic mass is 10.3. The van der Waals surface area contributed by atoms with Gasteiger partial charge in [0.2, 0.25) is 0 Å². The number of aromatic nitrogens is 2. The van der Waals surface area contributed by atoms with Crippen molar-refractivity contribution in [2.24, 2.45) is 10.2 Å². The summed E-state index contributed by atoms with van der Waals surface area (Å²) in [5.41, 5.74) is 1.57. The zero-order valence-corrected chi connectivity index (χ0v) is 14.7. The predicted octanol–water partition coefficient (Wildman–Crippen LogP) is 5.10. The van der Waals surface area contributed by atoms with Gasteiger partial charge in [-0.1, -0.05) is 11.3 Å². The molecule has 1 heterocycles. The van der Waals surface area contributed by atoms with Crippen LogP contribution in [-0.2, 0) is 0 Å². The van der Waals surface area contributed by atoms with Crippen LogP contribution in [0.25, 0.3) is 5.69 Å². The van der Waals surface area contributed by atoms with Crippen LogP contribution in [0, 0.1) is 3.95 Å². The Labute approximate surface area is 148 Å². The fourth-order valence-corrected chi connectivity index (χ4v) is 2.91. The zero-order valence-electron chi connectivity index (χ0n) is 13.0. The van der Waals surface area contributed by atoms with E-state index in [1.807, 2.05) is 48.5 Å². The molecule has 0 aliphatic heterocycles. The van der Waals surface area contributed by atoms with Gasteiger partial charge in [0.25, 0.3) is 5.13 Å². The maximum absolute atomic E-state index is 5.35. The molecule has 0 radical (unpaired) electrons. The lowest BCUT2D eigenvalue weighted by Crippen LogP contribution is -1.95. The molecular formula is C16H14N4O2S2. The first-order valence-electron chi connectivity index (χ1n) is 7.00. The van der Waals surface area contributed by atoms with Crippen molar-refractivity contribution < 1.29 is 9.47 Å². The van der Waals surface area contributed by atoms with E-state index in [0.717, 1.165) is 17.2 Å². The second-order valence-corrected chi connectivity index (χ2v) is 6.26. The molecule has 0 saturated heterocycles. The predicted molar refractivity (Wildman–Crippen MR) is 96.0 cm³/mol. The van der Waals surface area contributed by atoms with E-state index in [9.17, 15) is 0 Å². The number of nitrogens with zero attached hydrogens (tertiary/aromatic N) is 4. The van der Waals surface area contributed by atoms with Crippen molar-refractivity contribution in [1.82, 2.24) is 9.78 Å². The van der Waals surface area contributed by atoms with Crippen molar-refractivity contribution in [2.75, 3.05) is 14.2 Å². The second kappa shape index (κ2) is 7.33. The zero-order chi connectivity index (χ0) is 16.9. The van der Waals surface area contributed by atoms with Gasteiger partial charge in [0.1, 0.15) is 11.5 Å². The molecule has 0 aliphatic carbocycles. The maximum Gasteiger partial charge on any atom is 0.251 e. The first kappa shape index (κ1) is 16.3. The van der Waals surface area contributed by atoms with Gasteiger partial charge >= 0.3 is 0 Å². The minimum Gasteiger partial charge on any atom is -0.497 e. The molecule has 122 valence electrons. The Kier molecular flexibility index (Phi) is 4.97. The minimum atomic E-state index is 0.492. The third-order valence-corrected chi connectivity index (χ3v) is 4.29. The average molecular weight is 358 g/mol. The van der Waals surface area contributed by atoms with Crippen LogP contribution in [0.5, 0.6) is 11.5 Å². The van der Waals surface area contributed by atoms with Crippen molar-refractivity contribution in [1.29, 1.82) is 0 Å². The summed E-state index contributed by atoms with van der Waals surface area (Å²) in [6, 6.07) is 14.8. The molecule has 0 saturated carbocycles. The first-order valence-corrected chi connectivity index (χ1v) is 8.22. The van der Waals surface area contributed by atoms with Gasteiger partial charge in [-0.25, -0.2) is 4.68 Å². The summed E-state index contributed by atoms with van der Waals surface area (Å²) < 4.78 is 12.5. The number of ether oxygens (including phenoxy) is 2. The molecule has 24 heavy (non-hydrogen) atoms. The normalized spacial score (nSPS) is 10.9. The molecule has 0 aliphatic rings. The van der Waals surface area contributed by atoms with Crippen molar-refractivity contribution in [3.8, 4) is 17.2 Å². The lowest BCUT2D eigenvalue weighted by Gasteiger charge is -2.02. The highest BCUT2D eigenvalue weighted by atomic mass is 32.1. The molecule has 1 aromatic heterocycles. The molecule has 0 bridgehead atoms. The highest BCUT2D eigenvalue weighted by Gasteiger charge is 2.05. The van der Waals surface area contributed by atoms with Crippen LogP contribution >= 0.6 is 23.6 Å². The minimum absolute atomic E-state index is 0.492. The quantitative estimate of drug-likeness (QED) is 0.470. The number of benzene rings is 2. The van der Waals surface area contributed by atoms with Crippen molar-refractivity contribution >= 4 is 34.4 Å². The summed E-state index contributed by atoms with van der Waals surface area (Å²) in [5, 5.41) is 13.2. The van der Waals surface area contributed by atoms with Crippen LogP contribution in [0.4, 0.5) is 10.8 Å². The average Bonchev–Trinajstić information content (AvgIpc) is 3.01. The van der Waals surface area contributed by atoms with Crippen LogP contribution < -0.4 is 9.47 Å². The molecule has 3 rings (SSSR count). The molecule has 0 N–H and O–H groups in total. The maximum atomic E-state index is 5.35. The van der Waals surface area contributed by atoms with E-state index in [2.05, 4.69) is 15.3 Å². The van der Waals surface area contributed by atoms with Gasteiger partial charge in [0, 0.05) is 0 Å². The van der Waals surface area contributed by atoms with Crippen LogP contribution in [0.15, 0.2) is 58.8 Å². The third kappa shape index (κ3) is 3.66. The summed E-state index contributed by atoms with van der Waals surface area (Å²) in [7, 11) is 3.25. The van der Waals surface area contributed by atoms with Gasteiger partial charge in [-0.15, -0.1) is 15.3 Å². The molecule has 0 fully saturated rings. The highest BCUT2D eigenvalue weighted by Crippen LogP contribution is 2.25. The fraction of sp³-hybridized carbons (Fsp3) is 0.125. The monoisotopic (exact) mass is 358 g/mol. The standard InChI is InChI=1S/C16H14N4O2S2/c1-21-13-7-3-11(4-8-13)17-18-15-19-20(16(23)24-15)12-5-9-14(22-2)10-6-12/h3-10H,1-2H3. The number of hydrogen-bond donors (Lipinski definition) is 0. The lowest BCUT2D eigenvalue weighted by molar-refractivity contribution is 0.414. The second-order valence-electron chi connectivity index (χ2n) is 4.66.